The molecule has 6 rings (SSSR count). The third kappa shape index (κ3) is 3.33. The van der Waals surface area contributed by atoms with Gasteiger partial charge in [-0.05, 0) is 68.0 Å². The van der Waals surface area contributed by atoms with E-state index in [1.54, 1.807) is 10.5 Å². The minimum atomic E-state index is -4.35. The molecule has 5 nitrogen and oxygen atoms in total. The average molecular weight is 437 g/mol. The Morgan fingerprint density at radius 2 is 1.75 bits per heavy atom. The van der Waals surface area contributed by atoms with Gasteiger partial charge in [0, 0.05) is 11.6 Å². The fraction of sp³-hybridized carbons (Fsp3) is 0.375. The van der Waals surface area contributed by atoms with Crippen molar-refractivity contribution in [3.63, 3.8) is 0 Å². The van der Waals surface area contributed by atoms with E-state index in [4.69, 9.17) is 4.98 Å². The molecule has 0 radical (unpaired) electrons. The van der Waals surface area contributed by atoms with Crippen LogP contribution in [0.1, 0.15) is 48.8 Å². The van der Waals surface area contributed by atoms with Gasteiger partial charge >= 0.3 is 6.18 Å². The molecule has 1 saturated carbocycles. The molecule has 4 aromatic rings. The summed E-state index contributed by atoms with van der Waals surface area (Å²) in [4.78, 5) is 6.39. The van der Waals surface area contributed by atoms with Gasteiger partial charge in [0.15, 0.2) is 11.5 Å². The Balaban J connectivity index is 1.47. The quantitative estimate of drug-likeness (QED) is 0.422. The topological polar surface area (TPSA) is 46.3 Å². The van der Waals surface area contributed by atoms with E-state index in [2.05, 4.69) is 16.3 Å². The van der Waals surface area contributed by atoms with Crippen LogP contribution in [-0.4, -0.2) is 43.7 Å². The fourth-order valence-electron chi connectivity index (χ4n) is 4.87. The molecule has 0 amide bonds. The molecule has 3 aromatic heterocycles. The number of likely N-dealkylation sites (tertiary alicyclic amines) is 1. The van der Waals surface area contributed by atoms with E-state index in [0.29, 0.717) is 36.2 Å². The summed E-state index contributed by atoms with van der Waals surface area (Å²) in [5.41, 5.74) is 3.48. The number of para-hydroxylation sites is 1. The minimum absolute atomic E-state index is 0.201. The number of pyridine rings is 2. The lowest BCUT2D eigenvalue weighted by atomic mass is 10.1. The molecule has 1 aliphatic carbocycles. The normalized spacial score (nSPS) is 18.6. The van der Waals surface area contributed by atoms with Gasteiger partial charge in [0.05, 0.1) is 5.52 Å². The van der Waals surface area contributed by atoms with E-state index >= 15 is 0 Å². The van der Waals surface area contributed by atoms with Gasteiger partial charge in [-0.15, -0.1) is 10.2 Å². The molecule has 2 fully saturated rings. The smallest absolute Gasteiger partial charge is 0.289 e. The first-order valence-electron chi connectivity index (χ1n) is 11.0. The molecule has 0 bridgehead atoms. The summed E-state index contributed by atoms with van der Waals surface area (Å²) in [7, 11) is 0. The summed E-state index contributed by atoms with van der Waals surface area (Å²) in [6.07, 6.45) is 1.08. The number of hydrogen-bond donors (Lipinski definition) is 0. The van der Waals surface area contributed by atoms with Crippen molar-refractivity contribution in [2.45, 2.75) is 43.8 Å². The SMILES string of the molecule is FC(F)(F)C(c1ccc2nnc(-c3ccc4cccc(C5CC5)c4n3)n2c1)N1CCCC1. The Morgan fingerprint density at radius 1 is 0.938 bits per heavy atom. The maximum Gasteiger partial charge on any atom is 0.408 e. The maximum atomic E-state index is 14.0. The van der Waals surface area contributed by atoms with Crippen molar-refractivity contribution in [3.05, 3.63) is 59.8 Å². The zero-order valence-corrected chi connectivity index (χ0v) is 17.4. The summed E-state index contributed by atoms with van der Waals surface area (Å²) in [5.74, 6) is 0.993. The number of hydrogen-bond acceptors (Lipinski definition) is 4. The summed E-state index contributed by atoms with van der Waals surface area (Å²) >= 11 is 0. The van der Waals surface area contributed by atoms with Crippen LogP contribution in [0.4, 0.5) is 13.2 Å². The Kier molecular flexibility index (Phi) is 4.47. The van der Waals surface area contributed by atoms with Crippen molar-refractivity contribution >= 4 is 16.6 Å². The van der Waals surface area contributed by atoms with Crippen LogP contribution >= 0.6 is 0 Å². The lowest BCUT2D eigenvalue weighted by molar-refractivity contribution is -0.183. The van der Waals surface area contributed by atoms with E-state index in [9.17, 15) is 13.2 Å². The second-order valence-electron chi connectivity index (χ2n) is 8.79. The van der Waals surface area contributed by atoms with Crippen LogP contribution < -0.4 is 0 Å². The average Bonchev–Trinajstić information content (AvgIpc) is 3.31. The molecule has 1 unspecified atom stereocenters. The lowest BCUT2D eigenvalue weighted by Gasteiger charge is -2.29. The summed E-state index contributed by atoms with van der Waals surface area (Å²) < 4.78 is 43.7. The zero-order valence-electron chi connectivity index (χ0n) is 17.4. The van der Waals surface area contributed by atoms with Gasteiger partial charge in [0.2, 0.25) is 0 Å². The number of rotatable bonds is 4. The summed E-state index contributed by atoms with van der Waals surface area (Å²) in [5, 5.41) is 9.52. The van der Waals surface area contributed by atoms with Gasteiger partial charge in [-0.1, -0.05) is 30.3 Å². The zero-order chi connectivity index (χ0) is 21.9. The first-order valence-corrected chi connectivity index (χ1v) is 11.0. The van der Waals surface area contributed by atoms with Crippen molar-refractivity contribution in [1.29, 1.82) is 0 Å². The molecule has 1 atom stereocenters. The standard InChI is InChI=1S/C24H22F3N5/c25-24(26,27)22(31-12-1-2-13-31)17-9-11-20-29-30-23(32(20)14-17)19-10-8-16-4-3-5-18(15-6-7-15)21(16)28-19/h3-5,8-11,14-15,22H,1-2,6-7,12-13H2. The molecule has 0 spiro atoms. The highest BCUT2D eigenvalue weighted by molar-refractivity contribution is 5.84. The van der Waals surface area contributed by atoms with Crippen LogP contribution in [0.2, 0.25) is 0 Å². The summed E-state index contributed by atoms with van der Waals surface area (Å²) in [6, 6.07) is 11.5. The van der Waals surface area contributed by atoms with Crippen LogP contribution in [0.15, 0.2) is 48.7 Å². The first-order chi connectivity index (χ1) is 15.5. The van der Waals surface area contributed by atoms with Gasteiger partial charge < -0.3 is 0 Å². The third-order valence-electron chi connectivity index (χ3n) is 6.55. The molecule has 1 saturated heterocycles. The molecule has 2 aliphatic rings. The van der Waals surface area contributed by atoms with Crippen molar-refractivity contribution in [1.82, 2.24) is 24.5 Å². The fourth-order valence-corrected chi connectivity index (χ4v) is 4.87. The monoisotopic (exact) mass is 437 g/mol. The van der Waals surface area contributed by atoms with Crippen LogP contribution in [0.25, 0.3) is 28.1 Å². The van der Waals surface area contributed by atoms with E-state index < -0.39 is 12.2 Å². The van der Waals surface area contributed by atoms with Crippen molar-refractivity contribution in [2.75, 3.05) is 13.1 Å². The number of benzene rings is 1. The number of halogens is 3. The van der Waals surface area contributed by atoms with Gasteiger partial charge in [-0.25, -0.2) is 4.98 Å². The molecule has 1 aromatic carbocycles. The van der Waals surface area contributed by atoms with E-state index in [-0.39, 0.29) is 5.56 Å². The van der Waals surface area contributed by atoms with Crippen LogP contribution in [-0.2, 0) is 0 Å². The second-order valence-corrected chi connectivity index (χ2v) is 8.79. The highest BCUT2D eigenvalue weighted by atomic mass is 19.4. The van der Waals surface area contributed by atoms with Gasteiger partial charge in [-0.2, -0.15) is 13.2 Å². The second kappa shape index (κ2) is 7.27. The highest BCUT2D eigenvalue weighted by Crippen LogP contribution is 2.43. The Morgan fingerprint density at radius 3 is 2.50 bits per heavy atom. The minimum Gasteiger partial charge on any atom is -0.289 e. The van der Waals surface area contributed by atoms with Crippen molar-refractivity contribution < 1.29 is 13.2 Å². The van der Waals surface area contributed by atoms with E-state index in [1.807, 2.05) is 24.3 Å². The number of alkyl halides is 3. The largest absolute Gasteiger partial charge is 0.408 e. The number of aromatic nitrogens is 4. The van der Waals surface area contributed by atoms with Crippen molar-refractivity contribution in [2.24, 2.45) is 0 Å². The molecule has 0 N–H and O–H groups in total. The van der Waals surface area contributed by atoms with E-state index in [1.165, 1.54) is 22.7 Å². The predicted molar refractivity (Wildman–Crippen MR) is 115 cm³/mol. The third-order valence-corrected chi connectivity index (χ3v) is 6.55. The van der Waals surface area contributed by atoms with Crippen LogP contribution in [0.5, 0.6) is 0 Å². The molecule has 4 heterocycles. The molecule has 164 valence electrons. The van der Waals surface area contributed by atoms with Crippen molar-refractivity contribution in [3.8, 4) is 11.5 Å². The molecular formula is C24H22F3N5. The highest BCUT2D eigenvalue weighted by Gasteiger charge is 2.45. The molecule has 8 heteroatoms. The Labute approximate surface area is 182 Å². The van der Waals surface area contributed by atoms with Crippen LogP contribution in [0.3, 0.4) is 0 Å². The van der Waals surface area contributed by atoms with Gasteiger partial charge in [0.25, 0.3) is 0 Å². The van der Waals surface area contributed by atoms with Crippen LogP contribution in [0, 0.1) is 0 Å². The number of fused-ring (bicyclic) bond motifs is 2. The first kappa shape index (κ1) is 19.7. The maximum absolute atomic E-state index is 14.0. The van der Waals surface area contributed by atoms with E-state index in [0.717, 1.165) is 36.6 Å². The predicted octanol–water partition coefficient (Wildman–Crippen LogP) is 5.52. The van der Waals surface area contributed by atoms with Gasteiger partial charge in [-0.3, -0.25) is 9.30 Å². The molecule has 32 heavy (non-hydrogen) atoms. The lowest BCUT2D eigenvalue weighted by Crippen LogP contribution is -2.36. The Bertz CT molecular complexity index is 1300. The Hall–Kier alpha value is -3.00. The van der Waals surface area contributed by atoms with Gasteiger partial charge in [0.1, 0.15) is 11.7 Å². The summed E-state index contributed by atoms with van der Waals surface area (Å²) in [6.45, 7) is 0.904. The molecule has 1 aliphatic heterocycles. The molecular weight excluding hydrogens is 415 g/mol. The number of nitrogens with zero attached hydrogens (tertiary/aromatic N) is 5.